The number of hydrogen-bond donors (Lipinski definition) is 1. The second-order valence-electron chi connectivity index (χ2n) is 3.96. The van der Waals surface area contributed by atoms with Crippen LogP contribution in [-0.2, 0) is 14.3 Å². The van der Waals surface area contributed by atoms with Crippen molar-refractivity contribution in [1.29, 1.82) is 5.26 Å². The zero-order chi connectivity index (χ0) is 14.8. The molecule has 0 bridgehead atoms. The standard InChI is InChI=1S/C14H16N2O4/c1-19-14(18)6-3-7-16-13(17)10-20-12-5-2-4-11(8-12)9-15/h2,4-5,8H,3,6-7,10H2,1H3,(H,16,17). The maximum absolute atomic E-state index is 11.5. The highest BCUT2D eigenvalue weighted by Gasteiger charge is 2.04. The van der Waals surface area contributed by atoms with Crippen molar-refractivity contribution < 1.29 is 19.1 Å². The van der Waals surface area contributed by atoms with Gasteiger partial charge in [0.1, 0.15) is 5.75 Å². The average molecular weight is 276 g/mol. The van der Waals surface area contributed by atoms with E-state index >= 15 is 0 Å². The van der Waals surface area contributed by atoms with Crippen LogP contribution in [-0.4, -0.2) is 32.1 Å². The zero-order valence-electron chi connectivity index (χ0n) is 11.2. The van der Waals surface area contributed by atoms with E-state index in [2.05, 4.69) is 10.1 Å². The number of nitrogens with one attached hydrogen (secondary N) is 1. The van der Waals surface area contributed by atoms with Crippen LogP contribution in [0.2, 0.25) is 0 Å². The normalized spacial score (nSPS) is 9.40. The van der Waals surface area contributed by atoms with E-state index in [1.54, 1.807) is 24.3 Å². The second kappa shape index (κ2) is 8.53. The third-order valence-electron chi connectivity index (χ3n) is 2.44. The minimum Gasteiger partial charge on any atom is -0.484 e. The minimum absolute atomic E-state index is 0.132. The van der Waals surface area contributed by atoms with E-state index in [4.69, 9.17) is 10.00 Å². The van der Waals surface area contributed by atoms with Gasteiger partial charge in [-0.25, -0.2) is 0 Å². The lowest BCUT2D eigenvalue weighted by molar-refractivity contribution is -0.140. The molecule has 0 radical (unpaired) electrons. The summed E-state index contributed by atoms with van der Waals surface area (Å²) >= 11 is 0. The first kappa shape index (κ1) is 15.5. The van der Waals surface area contributed by atoms with Gasteiger partial charge in [-0.05, 0) is 24.6 Å². The number of nitriles is 1. The van der Waals surface area contributed by atoms with E-state index in [0.29, 0.717) is 24.3 Å². The van der Waals surface area contributed by atoms with Gasteiger partial charge in [0.15, 0.2) is 6.61 Å². The summed E-state index contributed by atoms with van der Waals surface area (Å²) < 4.78 is 9.74. The molecule has 0 atom stereocenters. The molecule has 6 nitrogen and oxygen atoms in total. The molecule has 0 spiro atoms. The predicted molar refractivity (Wildman–Crippen MR) is 70.9 cm³/mol. The van der Waals surface area contributed by atoms with Crippen molar-refractivity contribution in [2.45, 2.75) is 12.8 Å². The Labute approximate surface area is 117 Å². The molecule has 1 amide bonds. The molecule has 0 unspecified atom stereocenters. The number of nitrogens with zero attached hydrogens (tertiary/aromatic N) is 1. The van der Waals surface area contributed by atoms with E-state index in [-0.39, 0.29) is 24.9 Å². The monoisotopic (exact) mass is 276 g/mol. The molecule has 20 heavy (non-hydrogen) atoms. The maximum Gasteiger partial charge on any atom is 0.305 e. The van der Waals surface area contributed by atoms with Crippen LogP contribution in [0.5, 0.6) is 5.75 Å². The van der Waals surface area contributed by atoms with Crippen LogP contribution >= 0.6 is 0 Å². The van der Waals surface area contributed by atoms with Crippen molar-refractivity contribution in [2.24, 2.45) is 0 Å². The van der Waals surface area contributed by atoms with E-state index in [0.717, 1.165) is 0 Å². The predicted octanol–water partition coefficient (Wildman–Crippen LogP) is 1.01. The first-order valence-corrected chi connectivity index (χ1v) is 6.12. The lowest BCUT2D eigenvalue weighted by Crippen LogP contribution is -2.30. The smallest absolute Gasteiger partial charge is 0.305 e. The van der Waals surface area contributed by atoms with Crippen LogP contribution in [0.4, 0.5) is 0 Å². The molecular formula is C14H16N2O4. The molecule has 0 aliphatic carbocycles. The number of carbonyl (C=O) groups excluding carboxylic acids is 2. The number of rotatable bonds is 7. The Bertz CT molecular complexity index is 508. The fourth-order valence-corrected chi connectivity index (χ4v) is 1.42. The molecule has 1 aromatic rings. The SMILES string of the molecule is COC(=O)CCCNC(=O)COc1cccc(C#N)c1. The van der Waals surface area contributed by atoms with Gasteiger partial charge in [0.05, 0.1) is 18.7 Å². The van der Waals surface area contributed by atoms with Gasteiger partial charge in [0, 0.05) is 13.0 Å². The van der Waals surface area contributed by atoms with Crippen molar-refractivity contribution in [3.05, 3.63) is 29.8 Å². The van der Waals surface area contributed by atoms with E-state index in [1.807, 2.05) is 6.07 Å². The molecule has 6 heteroatoms. The Morgan fingerprint density at radius 1 is 1.40 bits per heavy atom. The fraction of sp³-hybridized carbons (Fsp3) is 0.357. The third kappa shape index (κ3) is 5.87. The van der Waals surface area contributed by atoms with Gasteiger partial charge >= 0.3 is 5.97 Å². The highest BCUT2D eigenvalue weighted by molar-refractivity contribution is 5.77. The van der Waals surface area contributed by atoms with Gasteiger partial charge in [-0.1, -0.05) is 6.07 Å². The van der Waals surface area contributed by atoms with E-state index in [9.17, 15) is 9.59 Å². The van der Waals surface area contributed by atoms with Gasteiger partial charge < -0.3 is 14.8 Å². The van der Waals surface area contributed by atoms with Gasteiger partial charge in [0.2, 0.25) is 0 Å². The number of benzene rings is 1. The number of ether oxygens (including phenoxy) is 2. The number of hydrogen-bond acceptors (Lipinski definition) is 5. The van der Waals surface area contributed by atoms with Crippen LogP contribution in [0.25, 0.3) is 0 Å². The summed E-state index contributed by atoms with van der Waals surface area (Å²) in [5.74, 6) is -0.116. The van der Waals surface area contributed by atoms with Crippen LogP contribution in [0, 0.1) is 11.3 Å². The van der Waals surface area contributed by atoms with Crippen LogP contribution in [0.1, 0.15) is 18.4 Å². The first-order valence-electron chi connectivity index (χ1n) is 6.12. The summed E-state index contributed by atoms with van der Waals surface area (Å²) in [5.41, 5.74) is 0.473. The van der Waals surface area contributed by atoms with Gasteiger partial charge in [-0.15, -0.1) is 0 Å². The molecule has 1 aromatic carbocycles. The lowest BCUT2D eigenvalue weighted by Gasteiger charge is -2.07. The third-order valence-corrected chi connectivity index (χ3v) is 2.44. The van der Waals surface area contributed by atoms with Crippen molar-refractivity contribution in [3.63, 3.8) is 0 Å². The molecule has 0 heterocycles. The molecule has 0 aromatic heterocycles. The topological polar surface area (TPSA) is 88.4 Å². The molecule has 106 valence electrons. The van der Waals surface area contributed by atoms with Gasteiger partial charge in [0.25, 0.3) is 5.91 Å². The minimum atomic E-state index is -0.302. The van der Waals surface area contributed by atoms with Crippen molar-refractivity contribution >= 4 is 11.9 Å². The number of methoxy groups -OCH3 is 1. The highest BCUT2D eigenvalue weighted by atomic mass is 16.5. The van der Waals surface area contributed by atoms with Crippen molar-refractivity contribution in [3.8, 4) is 11.8 Å². The van der Waals surface area contributed by atoms with Crippen molar-refractivity contribution in [1.82, 2.24) is 5.32 Å². The van der Waals surface area contributed by atoms with E-state index < -0.39 is 0 Å². The maximum atomic E-state index is 11.5. The summed E-state index contributed by atoms with van der Waals surface area (Å²) in [6.45, 7) is 0.253. The summed E-state index contributed by atoms with van der Waals surface area (Å²) in [7, 11) is 1.32. The lowest BCUT2D eigenvalue weighted by atomic mass is 10.2. The highest BCUT2D eigenvalue weighted by Crippen LogP contribution is 2.12. The molecule has 0 aliphatic rings. The quantitative estimate of drug-likeness (QED) is 0.593. The number of carbonyl (C=O) groups is 2. The molecule has 0 saturated carbocycles. The van der Waals surface area contributed by atoms with Crippen LogP contribution < -0.4 is 10.1 Å². The Kier molecular flexibility index (Phi) is 6.62. The van der Waals surface area contributed by atoms with Crippen LogP contribution in [0.15, 0.2) is 24.3 Å². The molecule has 0 saturated heterocycles. The van der Waals surface area contributed by atoms with Gasteiger partial charge in [-0.2, -0.15) is 5.26 Å². The Morgan fingerprint density at radius 3 is 2.90 bits per heavy atom. The molecule has 0 aliphatic heterocycles. The molecule has 0 fully saturated rings. The largest absolute Gasteiger partial charge is 0.484 e. The number of amides is 1. The zero-order valence-corrected chi connectivity index (χ0v) is 11.2. The second-order valence-corrected chi connectivity index (χ2v) is 3.96. The summed E-state index contributed by atoms with van der Waals surface area (Å²) in [5, 5.41) is 11.3. The fourth-order valence-electron chi connectivity index (χ4n) is 1.42. The Morgan fingerprint density at radius 2 is 2.20 bits per heavy atom. The summed E-state index contributed by atoms with van der Waals surface area (Å²) in [6, 6.07) is 8.56. The number of esters is 1. The first-order chi connectivity index (χ1) is 9.65. The molecule has 1 rings (SSSR count). The molecular weight excluding hydrogens is 260 g/mol. The average Bonchev–Trinajstić information content (AvgIpc) is 2.49. The van der Waals surface area contributed by atoms with Crippen molar-refractivity contribution in [2.75, 3.05) is 20.3 Å². The van der Waals surface area contributed by atoms with Crippen LogP contribution in [0.3, 0.4) is 0 Å². The van der Waals surface area contributed by atoms with Gasteiger partial charge in [-0.3, -0.25) is 9.59 Å². The Hall–Kier alpha value is -2.55. The summed E-state index contributed by atoms with van der Waals surface area (Å²) in [6.07, 6.45) is 0.782. The Balaban J connectivity index is 2.23. The molecule has 1 N–H and O–H groups in total. The van der Waals surface area contributed by atoms with E-state index in [1.165, 1.54) is 7.11 Å². The summed E-state index contributed by atoms with van der Waals surface area (Å²) in [4.78, 5) is 22.3.